The summed E-state index contributed by atoms with van der Waals surface area (Å²) in [6.07, 6.45) is 1.31. The topological polar surface area (TPSA) is 60.2 Å². The molecule has 16 heavy (non-hydrogen) atoms. The number of rotatable bonds is 4. The lowest BCUT2D eigenvalue weighted by molar-refractivity contribution is -0.0981. The average molecular weight is 225 g/mol. The molecule has 2 unspecified atom stereocenters. The van der Waals surface area contributed by atoms with Crippen LogP contribution in [0.15, 0.2) is 4.52 Å². The van der Waals surface area contributed by atoms with Crippen molar-refractivity contribution in [1.29, 1.82) is 0 Å². The molecule has 0 radical (unpaired) electrons. The maximum atomic E-state index is 5.66. The smallest absolute Gasteiger partial charge is 0.321 e. The Kier molecular flexibility index (Phi) is 2.88. The first-order chi connectivity index (χ1) is 7.54. The summed E-state index contributed by atoms with van der Waals surface area (Å²) in [6, 6.07) is 0.842. The van der Waals surface area contributed by atoms with Crippen molar-refractivity contribution in [3.63, 3.8) is 0 Å². The number of hydrogen-bond donors (Lipinski definition) is 1. The van der Waals surface area contributed by atoms with Crippen LogP contribution in [-0.4, -0.2) is 28.9 Å². The normalized spacial score (nSPS) is 27.5. The van der Waals surface area contributed by atoms with Gasteiger partial charge in [0.1, 0.15) is 0 Å². The number of aromatic nitrogens is 2. The highest BCUT2D eigenvalue weighted by Gasteiger charge is 2.49. The van der Waals surface area contributed by atoms with Crippen molar-refractivity contribution >= 4 is 6.01 Å². The molecule has 1 aromatic heterocycles. The molecule has 1 aliphatic carbocycles. The number of ether oxygens (including phenoxy) is 1. The Morgan fingerprint density at radius 2 is 2.31 bits per heavy atom. The summed E-state index contributed by atoms with van der Waals surface area (Å²) < 4.78 is 10.7. The molecule has 1 N–H and O–H groups in total. The molecule has 2 rings (SSSR count). The van der Waals surface area contributed by atoms with Crippen molar-refractivity contribution in [2.24, 2.45) is 5.41 Å². The largest absolute Gasteiger partial charge is 0.378 e. The molecular weight excluding hydrogens is 206 g/mol. The first-order valence-electron chi connectivity index (χ1n) is 5.72. The van der Waals surface area contributed by atoms with Crippen LogP contribution in [0.3, 0.4) is 0 Å². The second-order valence-corrected chi connectivity index (χ2v) is 4.84. The monoisotopic (exact) mass is 225 g/mol. The molecule has 0 bridgehead atoms. The molecule has 5 nitrogen and oxygen atoms in total. The molecule has 0 aliphatic heterocycles. The fourth-order valence-corrected chi connectivity index (χ4v) is 2.12. The summed E-state index contributed by atoms with van der Waals surface area (Å²) in [5.41, 5.74) is 0.110. The van der Waals surface area contributed by atoms with E-state index >= 15 is 0 Å². The Balaban J connectivity index is 1.94. The maximum absolute atomic E-state index is 5.66. The van der Waals surface area contributed by atoms with E-state index < -0.39 is 0 Å². The zero-order valence-corrected chi connectivity index (χ0v) is 10.3. The van der Waals surface area contributed by atoms with Gasteiger partial charge < -0.3 is 14.6 Å². The molecule has 90 valence electrons. The third-order valence-corrected chi connectivity index (χ3v) is 3.37. The van der Waals surface area contributed by atoms with Gasteiger partial charge >= 0.3 is 6.01 Å². The summed E-state index contributed by atoms with van der Waals surface area (Å²) >= 11 is 0. The Morgan fingerprint density at radius 3 is 2.81 bits per heavy atom. The Labute approximate surface area is 95.6 Å². The van der Waals surface area contributed by atoms with E-state index in [9.17, 15) is 0 Å². The van der Waals surface area contributed by atoms with Crippen molar-refractivity contribution in [1.82, 2.24) is 10.1 Å². The lowest BCUT2D eigenvalue weighted by Gasteiger charge is -2.51. The summed E-state index contributed by atoms with van der Waals surface area (Å²) in [5.74, 6) is 0.654. The van der Waals surface area contributed by atoms with E-state index in [2.05, 4.69) is 29.3 Å². The lowest BCUT2D eigenvalue weighted by atomic mass is 9.64. The van der Waals surface area contributed by atoms with Crippen LogP contribution in [0.2, 0.25) is 0 Å². The first-order valence-corrected chi connectivity index (χ1v) is 5.72. The summed E-state index contributed by atoms with van der Waals surface area (Å²) in [7, 11) is 0. The van der Waals surface area contributed by atoms with E-state index in [-0.39, 0.29) is 5.41 Å². The summed E-state index contributed by atoms with van der Waals surface area (Å²) in [5, 5.41) is 7.01. The quantitative estimate of drug-likeness (QED) is 0.849. The molecule has 0 spiro atoms. The lowest BCUT2D eigenvalue weighted by Crippen LogP contribution is -2.58. The van der Waals surface area contributed by atoms with E-state index in [0.717, 1.165) is 13.0 Å². The third-order valence-electron chi connectivity index (χ3n) is 3.37. The minimum absolute atomic E-state index is 0.110. The van der Waals surface area contributed by atoms with Gasteiger partial charge in [-0.3, -0.25) is 0 Å². The Hall–Kier alpha value is -1.10. The Morgan fingerprint density at radius 1 is 1.56 bits per heavy atom. The second kappa shape index (κ2) is 4.05. The predicted octanol–water partition coefficient (Wildman–Crippen LogP) is 1.99. The van der Waals surface area contributed by atoms with Gasteiger partial charge in [-0.2, -0.15) is 4.98 Å². The van der Waals surface area contributed by atoms with Crippen molar-refractivity contribution in [3.05, 3.63) is 5.82 Å². The van der Waals surface area contributed by atoms with Gasteiger partial charge in [0.15, 0.2) is 5.82 Å². The van der Waals surface area contributed by atoms with E-state index in [1.807, 2.05) is 13.8 Å². The first kappa shape index (κ1) is 11.4. The minimum atomic E-state index is 0.110. The van der Waals surface area contributed by atoms with Crippen molar-refractivity contribution < 1.29 is 9.26 Å². The van der Waals surface area contributed by atoms with Crippen LogP contribution in [-0.2, 0) is 4.74 Å². The van der Waals surface area contributed by atoms with Gasteiger partial charge in [0.05, 0.1) is 6.10 Å². The molecule has 0 saturated heterocycles. The fourth-order valence-electron chi connectivity index (χ4n) is 2.12. The SMILES string of the molecule is CCOC1CC(Nc2nc(C)no2)C1(C)C. The summed E-state index contributed by atoms with van der Waals surface area (Å²) in [6.45, 7) is 8.98. The number of nitrogens with one attached hydrogen (secondary N) is 1. The van der Waals surface area contributed by atoms with Crippen LogP contribution in [0, 0.1) is 12.3 Å². The second-order valence-electron chi connectivity index (χ2n) is 4.84. The zero-order valence-electron chi connectivity index (χ0n) is 10.3. The van der Waals surface area contributed by atoms with Gasteiger partial charge in [0.2, 0.25) is 0 Å². The van der Waals surface area contributed by atoms with Gasteiger partial charge in [0.25, 0.3) is 0 Å². The molecule has 1 heterocycles. The zero-order chi connectivity index (χ0) is 11.8. The van der Waals surface area contributed by atoms with Gasteiger partial charge in [0, 0.05) is 18.1 Å². The molecule has 1 saturated carbocycles. The molecule has 1 aromatic rings. The third kappa shape index (κ3) is 1.91. The standard InChI is InChI=1S/C11H19N3O2/c1-5-15-9-6-8(11(9,3)4)13-10-12-7(2)14-16-10/h8-9H,5-6H2,1-4H3,(H,12,13,14). The van der Waals surface area contributed by atoms with Gasteiger partial charge in [-0.1, -0.05) is 19.0 Å². The van der Waals surface area contributed by atoms with Crippen LogP contribution in [0.25, 0.3) is 0 Å². The highest BCUT2D eigenvalue weighted by molar-refractivity contribution is 5.25. The van der Waals surface area contributed by atoms with Crippen molar-refractivity contribution in [2.45, 2.75) is 46.3 Å². The van der Waals surface area contributed by atoms with Crippen LogP contribution in [0.5, 0.6) is 0 Å². The predicted molar refractivity (Wildman–Crippen MR) is 60.3 cm³/mol. The number of hydrogen-bond acceptors (Lipinski definition) is 5. The van der Waals surface area contributed by atoms with Crippen LogP contribution in [0.1, 0.15) is 33.0 Å². The minimum Gasteiger partial charge on any atom is -0.378 e. The van der Waals surface area contributed by atoms with E-state index in [1.54, 1.807) is 0 Å². The van der Waals surface area contributed by atoms with E-state index in [4.69, 9.17) is 9.26 Å². The number of aryl methyl sites for hydroxylation is 1. The molecule has 5 heteroatoms. The molecule has 0 aromatic carbocycles. The molecular formula is C11H19N3O2. The van der Waals surface area contributed by atoms with Gasteiger partial charge in [-0.05, 0) is 20.3 Å². The van der Waals surface area contributed by atoms with Gasteiger partial charge in [-0.15, -0.1) is 0 Å². The number of nitrogens with zero attached hydrogens (tertiary/aromatic N) is 2. The van der Waals surface area contributed by atoms with E-state index in [1.165, 1.54) is 0 Å². The summed E-state index contributed by atoms with van der Waals surface area (Å²) in [4.78, 5) is 4.14. The Bertz CT molecular complexity index is 362. The van der Waals surface area contributed by atoms with Crippen molar-refractivity contribution in [3.8, 4) is 0 Å². The van der Waals surface area contributed by atoms with E-state index in [0.29, 0.717) is 24.0 Å². The van der Waals surface area contributed by atoms with Crippen LogP contribution >= 0.6 is 0 Å². The molecule has 1 fully saturated rings. The fraction of sp³-hybridized carbons (Fsp3) is 0.818. The highest BCUT2D eigenvalue weighted by atomic mass is 16.5. The van der Waals surface area contributed by atoms with Crippen LogP contribution in [0.4, 0.5) is 6.01 Å². The van der Waals surface area contributed by atoms with Gasteiger partial charge in [-0.25, -0.2) is 0 Å². The number of anilines is 1. The molecule has 0 amide bonds. The average Bonchev–Trinajstić information content (AvgIpc) is 2.63. The highest BCUT2D eigenvalue weighted by Crippen LogP contribution is 2.44. The molecule has 2 atom stereocenters. The maximum Gasteiger partial charge on any atom is 0.321 e. The van der Waals surface area contributed by atoms with Crippen molar-refractivity contribution in [2.75, 3.05) is 11.9 Å². The van der Waals surface area contributed by atoms with Crippen LogP contribution < -0.4 is 5.32 Å². The molecule has 1 aliphatic rings.